The topological polar surface area (TPSA) is 87.1 Å². The fourth-order valence-electron chi connectivity index (χ4n) is 1.45. The number of hydrogen-bond acceptors (Lipinski definition) is 3. The van der Waals surface area contributed by atoms with E-state index in [1.54, 1.807) is 12.1 Å². The minimum atomic E-state index is -0.149. The summed E-state index contributed by atoms with van der Waals surface area (Å²) in [4.78, 5) is 14.5. The Morgan fingerprint density at radius 3 is 2.94 bits per heavy atom. The number of rotatable bonds is 4. The highest BCUT2D eigenvalue weighted by Crippen LogP contribution is 2.29. The van der Waals surface area contributed by atoms with Gasteiger partial charge in [-0.2, -0.15) is 0 Å². The molecule has 88 valence electrons. The lowest BCUT2D eigenvalue weighted by atomic mass is 10.1. The van der Waals surface area contributed by atoms with Gasteiger partial charge in [0.2, 0.25) is 0 Å². The van der Waals surface area contributed by atoms with Gasteiger partial charge in [-0.15, -0.1) is 0 Å². The SMILES string of the molecule is COc1ccc(C(=O)NC2CC2)cc1N=[N+]=[N-]. The molecule has 1 fully saturated rings. The maximum Gasteiger partial charge on any atom is 0.251 e. The second-order valence-electron chi connectivity index (χ2n) is 3.82. The van der Waals surface area contributed by atoms with Crippen LogP contribution >= 0.6 is 0 Å². The summed E-state index contributed by atoms with van der Waals surface area (Å²) in [6.07, 6.45) is 2.07. The number of carbonyl (C=O) groups is 1. The maximum absolute atomic E-state index is 11.8. The summed E-state index contributed by atoms with van der Waals surface area (Å²) < 4.78 is 5.03. The average Bonchev–Trinajstić information content (AvgIpc) is 3.13. The van der Waals surface area contributed by atoms with Gasteiger partial charge in [-0.05, 0) is 36.6 Å². The molecule has 17 heavy (non-hydrogen) atoms. The highest BCUT2D eigenvalue weighted by molar-refractivity contribution is 5.95. The number of ether oxygens (including phenoxy) is 1. The molecule has 0 unspecified atom stereocenters. The van der Waals surface area contributed by atoms with Crippen LogP contribution in [0.3, 0.4) is 0 Å². The molecule has 1 aliphatic carbocycles. The second kappa shape index (κ2) is 4.76. The van der Waals surface area contributed by atoms with Gasteiger partial charge in [-0.3, -0.25) is 4.79 Å². The molecule has 0 radical (unpaired) electrons. The predicted molar refractivity (Wildman–Crippen MR) is 62.3 cm³/mol. The summed E-state index contributed by atoms with van der Waals surface area (Å²) in [6.45, 7) is 0. The molecule has 0 bridgehead atoms. The van der Waals surface area contributed by atoms with Gasteiger partial charge >= 0.3 is 0 Å². The minimum Gasteiger partial charge on any atom is -0.496 e. The molecule has 0 aromatic heterocycles. The molecule has 1 N–H and O–H groups in total. The molecule has 0 heterocycles. The highest BCUT2D eigenvalue weighted by atomic mass is 16.5. The number of nitrogens with zero attached hydrogens (tertiary/aromatic N) is 3. The Morgan fingerprint density at radius 2 is 2.35 bits per heavy atom. The quantitative estimate of drug-likeness (QED) is 0.491. The first kappa shape index (κ1) is 11.3. The Labute approximate surface area is 98.2 Å². The van der Waals surface area contributed by atoms with Crippen LogP contribution in [-0.4, -0.2) is 19.1 Å². The Kier molecular flexibility index (Phi) is 3.16. The van der Waals surface area contributed by atoms with Crippen LogP contribution in [0.1, 0.15) is 23.2 Å². The summed E-state index contributed by atoms with van der Waals surface area (Å²) in [5, 5.41) is 6.35. The van der Waals surface area contributed by atoms with E-state index in [4.69, 9.17) is 10.3 Å². The largest absolute Gasteiger partial charge is 0.496 e. The van der Waals surface area contributed by atoms with Crippen molar-refractivity contribution in [1.29, 1.82) is 0 Å². The number of nitrogens with one attached hydrogen (secondary N) is 1. The lowest BCUT2D eigenvalue weighted by Crippen LogP contribution is -2.25. The van der Waals surface area contributed by atoms with Crippen molar-refractivity contribution in [3.05, 3.63) is 34.2 Å². The Balaban J connectivity index is 2.25. The molecule has 1 aromatic rings. The van der Waals surface area contributed by atoms with E-state index in [-0.39, 0.29) is 5.91 Å². The molecule has 6 heteroatoms. The number of azide groups is 1. The number of amides is 1. The lowest BCUT2D eigenvalue weighted by Gasteiger charge is -2.07. The van der Waals surface area contributed by atoms with Gasteiger partial charge in [0.15, 0.2) is 0 Å². The van der Waals surface area contributed by atoms with Gasteiger partial charge in [0.25, 0.3) is 5.91 Å². The molecule has 1 aliphatic rings. The van der Waals surface area contributed by atoms with E-state index < -0.39 is 0 Å². The van der Waals surface area contributed by atoms with Gasteiger partial charge in [0, 0.05) is 16.5 Å². The van der Waals surface area contributed by atoms with Crippen molar-refractivity contribution in [2.24, 2.45) is 5.11 Å². The molecule has 1 amide bonds. The van der Waals surface area contributed by atoms with E-state index in [2.05, 4.69) is 15.3 Å². The van der Waals surface area contributed by atoms with Crippen molar-refractivity contribution in [3.8, 4) is 5.75 Å². The fraction of sp³-hybridized carbons (Fsp3) is 0.364. The van der Waals surface area contributed by atoms with Crippen LogP contribution in [0.4, 0.5) is 5.69 Å². The molecule has 2 rings (SSSR count). The molecular weight excluding hydrogens is 220 g/mol. The number of hydrogen-bond donors (Lipinski definition) is 1. The van der Waals surface area contributed by atoms with Crippen LogP contribution in [0.15, 0.2) is 23.3 Å². The van der Waals surface area contributed by atoms with Gasteiger partial charge in [0.1, 0.15) is 5.75 Å². The van der Waals surface area contributed by atoms with Crippen LogP contribution in [0.2, 0.25) is 0 Å². The number of benzene rings is 1. The molecule has 0 saturated heterocycles. The third-order valence-electron chi connectivity index (χ3n) is 2.51. The average molecular weight is 232 g/mol. The van der Waals surface area contributed by atoms with Crippen molar-refractivity contribution in [2.45, 2.75) is 18.9 Å². The molecular formula is C11H12N4O2. The summed E-state index contributed by atoms with van der Waals surface area (Å²) in [7, 11) is 1.48. The first-order valence-corrected chi connectivity index (χ1v) is 5.28. The van der Waals surface area contributed by atoms with E-state index in [1.165, 1.54) is 13.2 Å². The van der Waals surface area contributed by atoms with Crippen molar-refractivity contribution < 1.29 is 9.53 Å². The predicted octanol–water partition coefficient (Wildman–Crippen LogP) is 2.53. The van der Waals surface area contributed by atoms with Crippen LogP contribution in [-0.2, 0) is 0 Å². The lowest BCUT2D eigenvalue weighted by molar-refractivity contribution is 0.0951. The highest BCUT2D eigenvalue weighted by Gasteiger charge is 2.23. The summed E-state index contributed by atoms with van der Waals surface area (Å²) in [6, 6.07) is 5.09. The summed E-state index contributed by atoms with van der Waals surface area (Å²) in [5.74, 6) is 0.301. The van der Waals surface area contributed by atoms with Crippen LogP contribution in [0, 0.1) is 0 Å². The van der Waals surface area contributed by atoms with E-state index in [0.29, 0.717) is 23.0 Å². The number of methoxy groups -OCH3 is 1. The van der Waals surface area contributed by atoms with Crippen molar-refractivity contribution >= 4 is 11.6 Å². The zero-order chi connectivity index (χ0) is 12.3. The summed E-state index contributed by atoms with van der Waals surface area (Å²) in [5.41, 5.74) is 9.22. The molecule has 1 aromatic carbocycles. The monoisotopic (exact) mass is 232 g/mol. The van der Waals surface area contributed by atoms with Crippen molar-refractivity contribution in [1.82, 2.24) is 5.32 Å². The van der Waals surface area contributed by atoms with Crippen LogP contribution in [0.25, 0.3) is 10.4 Å². The smallest absolute Gasteiger partial charge is 0.251 e. The molecule has 0 atom stereocenters. The zero-order valence-corrected chi connectivity index (χ0v) is 9.38. The number of carbonyl (C=O) groups excluding carboxylic acids is 1. The van der Waals surface area contributed by atoms with E-state index >= 15 is 0 Å². The van der Waals surface area contributed by atoms with E-state index in [0.717, 1.165) is 12.8 Å². The third kappa shape index (κ3) is 2.68. The Bertz CT molecular complexity index is 490. The standard InChI is InChI=1S/C11H12N4O2/c1-17-10-5-2-7(6-9(10)14-15-12)11(16)13-8-3-4-8/h2,5-6,8H,3-4H2,1H3,(H,13,16). The van der Waals surface area contributed by atoms with Crippen LogP contribution < -0.4 is 10.1 Å². The first-order valence-electron chi connectivity index (χ1n) is 5.28. The first-order chi connectivity index (χ1) is 8.24. The summed E-state index contributed by atoms with van der Waals surface area (Å²) >= 11 is 0. The minimum absolute atomic E-state index is 0.149. The van der Waals surface area contributed by atoms with Gasteiger partial charge in [0.05, 0.1) is 12.8 Å². The molecule has 1 saturated carbocycles. The fourth-order valence-corrected chi connectivity index (χ4v) is 1.45. The van der Waals surface area contributed by atoms with Crippen molar-refractivity contribution in [3.63, 3.8) is 0 Å². The van der Waals surface area contributed by atoms with E-state index in [1.807, 2.05) is 0 Å². The second-order valence-corrected chi connectivity index (χ2v) is 3.82. The van der Waals surface area contributed by atoms with E-state index in [9.17, 15) is 4.79 Å². The Hall–Kier alpha value is -2.20. The molecule has 0 aliphatic heterocycles. The molecule has 6 nitrogen and oxygen atoms in total. The van der Waals surface area contributed by atoms with Crippen molar-refractivity contribution in [2.75, 3.05) is 7.11 Å². The maximum atomic E-state index is 11.8. The third-order valence-corrected chi connectivity index (χ3v) is 2.51. The van der Waals surface area contributed by atoms with Gasteiger partial charge in [-0.25, -0.2) is 0 Å². The zero-order valence-electron chi connectivity index (χ0n) is 9.38. The van der Waals surface area contributed by atoms with Crippen LogP contribution in [0.5, 0.6) is 5.75 Å². The molecule has 0 spiro atoms. The normalized spacial score (nSPS) is 13.7. The van der Waals surface area contributed by atoms with Gasteiger partial charge < -0.3 is 10.1 Å². The Morgan fingerprint density at radius 1 is 1.59 bits per heavy atom. The van der Waals surface area contributed by atoms with Gasteiger partial charge in [-0.1, -0.05) is 5.11 Å².